The van der Waals surface area contributed by atoms with Crippen LogP contribution >= 0.6 is 0 Å². The quantitative estimate of drug-likeness (QED) is 0.764. The topological polar surface area (TPSA) is 12.5 Å². The first-order valence-electron chi connectivity index (χ1n) is 8.01. The molecule has 1 aliphatic heterocycles. The first-order valence-corrected chi connectivity index (χ1v) is 8.01. The van der Waals surface area contributed by atoms with Gasteiger partial charge in [0, 0.05) is 29.8 Å². The molecule has 116 valence electrons. The molecule has 2 atom stereocenters. The van der Waals surface area contributed by atoms with Gasteiger partial charge in [0.2, 0.25) is 0 Å². The summed E-state index contributed by atoms with van der Waals surface area (Å²) in [5.41, 5.74) is -0.330. The van der Waals surface area contributed by atoms with E-state index in [2.05, 4.69) is 25.7 Å². The number of rotatable bonds is 5. The monoisotopic (exact) mass is 287 g/mol. The van der Waals surface area contributed by atoms with Gasteiger partial charge < -0.3 is 4.74 Å². The van der Waals surface area contributed by atoms with Crippen LogP contribution in [0.5, 0.6) is 0 Å². The molecule has 0 aromatic rings. The molecule has 0 aromatic heterocycles. The number of halogens is 2. The van der Waals surface area contributed by atoms with Gasteiger partial charge in [0.25, 0.3) is 5.92 Å². The Morgan fingerprint density at radius 2 is 1.90 bits per heavy atom. The summed E-state index contributed by atoms with van der Waals surface area (Å²) in [5.74, 6) is -2.38. The SMILES string of the molecule is CC(C)OCC1(CN2CCC3(CC2C)CC3(F)F)CC1. The molecule has 3 rings (SSSR count). The summed E-state index contributed by atoms with van der Waals surface area (Å²) in [5, 5.41) is 0. The molecule has 4 heteroatoms. The van der Waals surface area contributed by atoms with Gasteiger partial charge in [-0.15, -0.1) is 0 Å². The highest BCUT2D eigenvalue weighted by Gasteiger charge is 2.71. The minimum Gasteiger partial charge on any atom is -0.378 e. The average molecular weight is 287 g/mol. The highest BCUT2D eigenvalue weighted by atomic mass is 19.3. The summed E-state index contributed by atoms with van der Waals surface area (Å²) in [6, 6.07) is 0.286. The largest absolute Gasteiger partial charge is 0.378 e. The molecular weight excluding hydrogens is 260 g/mol. The predicted octanol–water partition coefficient (Wildman–Crippen LogP) is 3.70. The van der Waals surface area contributed by atoms with Crippen molar-refractivity contribution in [3.8, 4) is 0 Å². The van der Waals surface area contributed by atoms with Crippen molar-refractivity contribution >= 4 is 0 Å². The van der Waals surface area contributed by atoms with Crippen molar-refractivity contribution in [3.05, 3.63) is 0 Å². The summed E-state index contributed by atoms with van der Waals surface area (Å²) in [6.07, 6.45) is 4.19. The minimum absolute atomic E-state index is 0.125. The van der Waals surface area contributed by atoms with Crippen LogP contribution in [0.2, 0.25) is 0 Å². The Hall–Kier alpha value is -0.220. The number of piperidine rings is 1. The first kappa shape index (κ1) is 14.7. The number of nitrogens with zero attached hydrogens (tertiary/aromatic N) is 1. The van der Waals surface area contributed by atoms with E-state index in [9.17, 15) is 8.78 Å². The molecule has 2 saturated carbocycles. The van der Waals surface area contributed by atoms with Crippen molar-refractivity contribution in [3.63, 3.8) is 0 Å². The number of hydrogen-bond donors (Lipinski definition) is 0. The lowest BCUT2D eigenvalue weighted by Gasteiger charge is -2.40. The molecule has 3 fully saturated rings. The maximum atomic E-state index is 13.5. The minimum atomic E-state index is -2.38. The van der Waals surface area contributed by atoms with Gasteiger partial charge in [-0.05, 0) is 53.0 Å². The van der Waals surface area contributed by atoms with E-state index in [1.807, 2.05) is 0 Å². The number of hydrogen-bond acceptors (Lipinski definition) is 2. The lowest BCUT2D eigenvalue weighted by atomic mass is 9.87. The molecule has 2 unspecified atom stereocenters. The highest BCUT2D eigenvalue weighted by Crippen LogP contribution is 2.67. The molecule has 2 nitrogen and oxygen atoms in total. The molecule has 0 N–H and O–H groups in total. The standard InChI is InChI=1S/C16H27F2NO/c1-12(2)20-11-14(4-5-14)10-19-7-6-15(8-13(19)3)9-16(15,17)18/h12-13H,4-11H2,1-3H3. The Balaban J connectivity index is 1.52. The van der Waals surface area contributed by atoms with Crippen molar-refractivity contribution in [1.29, 1.82) is 0 Å². The zero-order valence-corrected chi connectivity index (χ0v) is 12.9. The lowest BCUT2D eigenvalue weighted by Crippen LogP contribution is -2.46. The molecular formula is C16H27F2NO. The molecule has 1 saturated heterocycles. The zero-order chi connectivity index (χ0) is 14.6. The Morgan fingerprint density at radius 1 is 1.25 bits per heavy atom. The summed E-state index contributed by atoms with van der Waals surface area (Å²) in [6.45, 7) is 8.95. The van der Waals surface area contributed by atoms with Crippen LogP contribution in [0, 0.1) is 10.8 Å². The number of ether oxygens (including phenoxy) is 1. The smallest absolute Gasteiger partial charge is 0.254 e. The summed E-state index contributed by atoms with van der Waals surface area (Å²) in [7, 11) is 0. The third-order valence-corrected chi connectivity index (χ3v) is 5.62. The van der Waals surface area contributed by atoms with Crippen molar-refractivity contribution in [2.45, 2.75) is 70.9 Å². The van der Waals surface area contributed by atoms with E-state index in [1.165, 1.54) is 12.8 Å². The Kier molecular flexibility index (Phi) is 3.41. The van der Waals surface area contributed by atoms with E-state index in [0.29, 0.717) is 18.3 Å². The van der Waals surface area contributed by atoms with Gasteiger partial charge in [0.05, 0.1) is 12.7 Å². The van der Waals surface area contributed by atoms with Gasteiger partial charge in [0.15, 0.2) is 0 Å². The van der Waals surface area contributed by atoms with E-state index >= 15 is 0 Å². The zero-order valence-electron chi connectivity index (χ0n) is 12.9. The molecule has 1 spiro atoms. The summed E-state index contributed by atoms with van der Waals surface area (Å²) >= 11 is 0. The van der Waals surface area contributed by atoms with Crippen LogP contribution in [0.1, 0.15) is 52.9 Å². The van der Waals surface area contributed by atoms with Crippen LogP contribution in [0.15, 0.2) is 0 Å². The van der Waals surface area contributed by atoms with Crippen LogP contribution < -0.4 is 0 Å². The van der Waals surface area contributed by atoms with Gasteiger partial charge in [-0.1, -0.05) is 0 Å². The maximum absolute atomic E-state index is 13.5. The van der Waals surface area contributed by atoms with Crippen LogP contribution in [0.25, 0.3) is 0 Å². The molecule has 0 radical (unpaired) electrons. The van der Waals surface area contributed by atoms with Gasteiger partial charge in [-0.3, -0.25) is 4.90 Å². The molecule has 0 aromatic carbocycles. The van der Waals surface area contributed by atoms with Crippen LogP contribution in [-0.2, 0) is 4.74 Å². The normalized spacial score (nSPS) is 38.4. The molecule has 3 aliphatic rings. The third-order valence-electron chi connectivity index (χ3n) is 5.62. The second-order valence-corrected chi connectivity index (χ2v) is 7.79. The predicted molar refractivity (Wildman–Crippen MR) is 75.0 cm³/mol. The van der Waals surface area contributed by atoms with E-state index in [1.54, 1.807) is 0 Å². The van der Waals surface area contributed by atoms with Gasteiger partial charge in [0.1, 0.15) is 0 Å². The Morgan fingerprint density at radius 3 is 2.35 bits per heavy atom. The second-order valence-electron chi connectivity index (χ2n) is 7.79. The van der Waals surface area contributed by atoms with Gasteiger partial charge in [-0.2, -0.15) is 0 Å². The molecule has 20 heavy (non-hydrogen) atoms. The maximum Gasteiger partial charge on any atom is 0.254 e. The molecule has 2 aliphatic carbocycles. The lowest BCUT2D eigenvalue weighted by molar-refractivity contribution is -0.00873. The van der Waals surface area contributed by atoms with Crippen molar-refractivity contribution < 1.29 is 13.5 Å². The van der Waals surface area contributed by atoms with E-state index in [-0.39, 0.29) is 18.6 Å². The van der Waals surface area contributed by atoms with Crippen LogP contribution in [0.4, 0.5) is 8.78 Å². The van der Waals surface area contributed by atoms with Gasteiger partial charge >= 0.3 is 0 Å². The second kappa shape index (κ2) is 4.64. The van der Waals surface area contributed by atoms with E-state index < -0.39 is 11.3 Å². The summed E-state index contributed by atoms with van der Waals surface area (Å²) < 4.78 is 32.8. The fraction of sp³-hybridized carbons (Fsp3) is 1.00. The number of alkyl halides is 2. The van der Waals surface area contributed by atoms with Crippen molar-refractivity contribution in [2.75, 3.05) is 19.7 Å². The van der Waals surface area contributed by atoms with Gasteiger partial charge in [-0.25, -0.2) is 8.78 Å². The van der Waals surface area contributed by atoms with Crippen LogP contribution in [0.3, 0.4) is 0 Å². The molecule has 1 heterocycles. The van der Waals surface area contributed by atoms with E-state index in [0.717, 1.165) is 19.7 Å². The Labute approximate surface area is 120 Å². The summed E-state index contributed by atoms with van der Waals surface area (Å²) in [4.78, 5) is 2.43. The average Bonchev–Trinajstić information content (AvgIpc) is 3.20. The molecule has 0 amide bonds. The number of likely N-dealkylation sites (tertiary alicyclic amines) is 1. The Bertz CT molecular complexity index is 381. The van der Waals surface area contributed by atoms with Crippen LogP contribution in [-0.4, -0.2) is 42.7 Å². The van der Waals surface area contributed by atoms with Crippen molar-refractivity contribution in [2.24, 2.45) is 10.8 Å². The third kappa shape index (κ3) is 2.61. The first-order chi connectivity index (χ1) is 9.28. The van der Waals surface area contributed by atoms with Crippen molar-refractivity contribution in [1.82, 2.24) is 4.90 Å². The fourth-order valence-electron chi connectivity index (χ4n) is 3.78. The fourth-order valence-corrected chi connectivity index (χ4v) is 3.78. The molecule has 0 bridgehead atoms. The highest BCUT2D eigenvalue weighted by molar-refractivity contribution is 5.13. The van der Waals surface area contributed by atoms with E-state index in [4.69, 9.17) is 4.74 Å².